The standard InChI is InChI=1S/C27H35N5O7S2/c1-16-13-32(17(2)15-33)24(34)12-20-11-21(28-27(35)29-26-18(3)30-39-19(26)4)8-9-22(20)38-23(16)14-31(5)41(36,37)25-7-6-10-40-25/h6-11,16-17,23,33H,12-15H2,1-5H3,(H2,28,29,35)/t16-,17+,23-/m0/s1. The Balaban J connectivity index is 1.62. The maximum Gasteiger partial charge on any atom is 0.323 e. The van der Waals surface area contributed by atoms with E-state index in [0.717, 1.165) is 11.3 Å². The van der Waals surface area contributed by atoms with Crippen molar-refractivity contribution < 1.29 is 32.4 Å². The lowest BCUT2D eigenvalue weighted by molar-refractivity contribution is -0.134. The van der Waals surface area contributed by atoms with Crippen LogP contribution in [0.5, 0.6) is 5.75 Å². The quantitative estimate of drug-likeness (QED) is 0.353. The maximum absolute atomic E-state index is 13.4. The fourth-order valence-corrected chi connectivity index (χ4v) is 6.96. The predicted molar refractivity (Wildman–Crippen MR) is 155 cm³/mol. The third kappa shape index (κ3) is 6.89. The van der Waals surface area contributed by atoms with Gasteiger partial charge in [-0.25, -0.2) is 13.2 Å². The van der Waals surface area contributed by atoms with Gasteiger partial charge in [-0.2, -0.15) is 4.31 Å². The van der Waals surface area contributed by atoms with Gasteiger partial charge in [-0.15, -0.1) is 11.3 Å². The smallest absolute Gasteiger partial charge is 0.323 e. The van der Waals surface area contributed by atoms with Gasteiger partial charge < -0.3 is 29.9 Å². The molecule has 41 heavy (non-hydrogen) atoms. The van der Waals surface area contributed by atoms with Crippen molar-refractivity contribution in [2.75, 3.05) is 37.4 Å². The second kappa shape index (κ2) is 12.6. The molecule has 14 heteroatoms. The summed E-state index contributed by atoms with van der Waals surface area (Å²) in [6, 6.07) is 7.22. The van der Waals surface area contributed by atoms with Crippen LogP contribution in [-0.2, 0) is 21.2 Å². The maximum atomic E-state index is 13.4. The van der Waals surface area contributed by atoms with E-state index in [1.807, 2.05) is 6.92 Å². The number of anilines is 2. The number of likely N-dealkylation sites (N-methyl/N-ethyl adjacent to an activating group) is 1. The minimum atomic E-state index is -3.73. The first kappa shape index (κ1) is 30.5. The molecule has 0 saturated carbocycles. The number of nitrogens with one attached hydrogen (secondary N) is 2. The van der Waals surface area contributed by atoms with Crippen molar-refractivity contribution in [3.05, 3.63) is 52.7 Å². The molecule has 3 aromatic rings. The van der Waals surface area contributed by atoms with Crippen LogP contribution in [0.25, 0.3) is 0 Å². The lowest BCUT2D eigenvalue weighted by Gasteiger charge is -2.33. The Hall–Kier alpha value is -3.46. The van der Waals surface area contributed by atoms with Crippen LogP contribution in [0, 0.1) is 19.8 Å². The number of benzene rings is 1. The monoisotopic (exact) mass is 605 g/mol. The van der Waals surface area contributed by atoms with Crippen LogP contribution in [-0.4, -0.2) is 78.7 Å². The number of hydrogen-bond donors (Lipinski definition) is 3. The van der Waals surface area contributed by atoms with Crippen LogP contribution < -0.4 is 15.4 Å². The van der Waals surface area contributed by atoms with Gasteiger partial charge in [0.25, 0.3) is 10.0 Å². The van der Waals surface area contributed by atoms with E-state index < -0.39 is 28.2 Å². The highest BCUT2D eigenvalue weighted by molar-refractivity contribution is 7.91. The zero-order chi connectivity index (χ0) is 29.9. The van der Waals surface area contributed by atoms with Gasteiger partial charge in [-0.05, 0) is 50.4 Å². The number of aromatic nitrogens is 1. The molecule has 3 atom stereocenters. The van der Waals surface area contributed by atoms with Crippen molar-refractivity contribution in [2.45, 2.75) is 50.5 Å². The molecule has 0 saturated heterocycles. The number of fused-ring (bicyclic) bond motifs is 1. The Kier molecular flexibility index (Phi) is 9.37. The van der Waals surface area contributed by atoms with Gasteiger partial charge in [0.1, 0.15) is 27.4 Å². The zero-order valence-corrected chi connectivity index (χ0v) is 25.2. The fourth-order valence-electron chi connectivity index (χ4n) is 4.58. The number of rotatable bonds is 8. The zero-order valence-electron chi connectivity index (χ0n) is 23.6. The summed E-state index contributed by atoms with van der Waals surface area (Å²) in [4.78, 5) is 27.7. The third-order valence-electron chi connectivity index (χ3n) is 7.04. The van der Waals surface area contributed by atoms with Gasteiger partial charge in [0, 0.05) is 30.8 Å². The van der Waals surface area contributed by atoms with Crippen molar-refractivity contribution in [3.63, 3.8) is 0 Å². The van der Waals surface area contributed by atoms with Crippen molar-refractivity contribution >= 4 is 44.7 Å². The number of hydrogen-bond acceptors (Lipinski definition) is 9. The van der Waals surface area contributed by atoms with E-state index in [1.165, 1.54) is 11.4 Å². The van der Waals surface area contributed by atoms with E-state index in [1.54, 1.807) is 61.4 Å². The van der Waals surface area contributed by atoms with Crippen molar-refractivity contribution in [2.24, 2.45) is 5.92 Å². The number of aryl methyl sites for hydroxylation is 2. The van der Waals surface area contributed by atoms with Crippen molar-refractivity contribution in [3.8, 4) is 5.75 Å². The second-order valence-electron chi connectivity index (χ2n) is 10.2. The number of amides is 3. The Bertz CT molecular complexity index is 1470. The SMILES string of the molecule is Cc1noc(C)c1NC(=O)Nc1ccc2c(c1)CC(=O)N([C@H](C)CO)C[C@H](C)[C@H](CN(C)S(=O)(=O)c1cccs1)O2. The lowest BCUT2D eigenvalue weighted by Crippen LogP contribution is -2.48. The number of sulfonamides is 1. The van der Waals surface area contributed by atoms with E-state index in [2.05, 4.69) is 15.8 Å². The van der Waals surface area contributed by atoms with E-state index in [-0.39, 0.29) is 42.2 Å². The highest BCUT2D eigenvalue weighted by atomic mass is 32.2. The highest BCUT2D eigenvalue weighted by Gasteiger charge is 2.33. The molecule has 4 rings (SSSR count). The molecule has 1 aliphatic rings. The topological polar surface area (TPSA) is 154 Å². The first-order chi connectivity index (χ1) is 19.4. The van der Waals surface area contributed by atoms with Crippen LogP contribution in [0.4, 0.5) is 16.2 Å². The second-order valence-corrected chi connectivity index (χ2v) is 13.4. The predicted octanol–water partition coefficient (Wildman–Crippen LogP) is 3.47. The summed E-state index contributed by atoms with van der Waals surface area (Å²) >= 11 is 1.14. The molecule has 3 heterocycles. The van der Waals surface area contributed by atoms with Crippen LogP contribution >= 0.6 is 11.3 Å². The molecule has 1 aromatic carbocycles. The summed E-state index contributed by atoms with van der Waals surface area (Å²) in [5.74, 6) is 0.377. The molecule has 2 aromatic heterocycles. The van der Waals surface area contributed by atoms with Gasteiger partial charge >= 0.3 is 6.03 Å². The minimum absolute atomic E-state index is 0.0379. The normalized spacial score (nSPS) is 18.6. The highest BCUT2D eigenvalue weighted by Crippen LogP contribution is 2.30. The average molecular weight is 606 g/mol. The Morgan fingerprint density at radius 1 is 1.29 bits per heavy atom. The molecule has 3 N–H and O–H groups in total. The Morgan fingerprint density at radius 2 is 2.05 bits per heavy atom. The summed E-state index contributed by atoms with van der Waals surface area (Å²) in [7, 11) is -2.23. The number of aliphatic hydroxyl groups excluding tert-OH is 1. The minimum Gasteiger partial charge on any atom is -0.488 e. The van der Waals surface area contributed by atoms with Gasteiger partial charge in [-0.3, -0.25) is 4.79 Å². The van der Waals surface area contributed by atoms with Gasteiger partial charge in [0.2, 0.25) is 5.91 Å². The Morgan fingerprint density at radius 3 is 2.68 bits per heavy atom. The molecule has 0 aliphatic carbocycles. The number of urea groups is 1. The molecule has 222 valence electrons. The number of carbonyl (C=O) groups excluding carboxylic acids is 2. The molecule has 12 nitrogen and oxygen atoms in total. The molecule has 0 spiro atoms. The van der Waals surface area contributed by atoms with Crippen LogP contribution in [0.1, 0.15) is 30.9 Å². The Labute approximate surface area is 243 Å². The number of nitrogens with zero attached hydrogens (tertiary/aromatic N) is 3. The molecule has 0 radical (unpaired) electrons. The fraction of sp³-hybridized carbons (Fsp3) is 0.444. The van der Waals surface area contributed by atoms with E-state index >= 15 is 0 Å². The van der Waals surface area contributed by atoms with Crippen LogP contribution in [0.15, 0.2) is 44.4 Å². The summed E-state index contributed by atoms with van der Waals surface area (Å²) in [6.07, 6.45) is -0.655. The van der Waals surface area contributed by atoms with E-state index in [4.69, 9.17) is 9.26 Å². The third-order valence-corrected chi connectivity index (χ3v) is 10.2. The number of aliphatic hydroxyl groups is 1. The summed E-state index contributed by atoms with van der Waals surface area (Å²) in [5, 5.41) is 20.9. The van der Waals surface area contributed by atoms with Gasteiger partial charge in [0.05, 0.1) is 25.6 Å². The average Bonchev–Trinajstić information content (AvgIpc) is 3.59. The van der Waals surface area contributed by atoms with Gasteiger partial charge in [-0.1, -0.05) is 18.1 Å². The molecule has 1 aliphatic heterocycles. The van der Waals surface area contributed by atoms with Crippen molar-refractivity contribution in [1.82, 2.24) is 14.4 Å². The van der Waals surface area contributed by atoms with Crippen molar-refractivity contribution in [1.29, 1.82) is 0 Å². The van der Waals surface area contributed by atoms with Crippen LogP contribution in [0.2, 0.25) is 0 Å². The van der Waals surface area contributed by atoms with Crippen LogP contribution in [0.3, 0.4) is 0 Å². The summed E-state index contributed by atoms with van der Waals surface area (Å²) < 4.78 is 39.3. The number of thiophene rings is 1. The molecule has 3 amide bonds. The molecule has 0 unspecified atom stereocenters. The largest absolute Gasteiger partial charge is 0.488 e. The molecular weight excluding hydrogens is 570 g/mol. The molecule has 0 fully saturated rings. The summed E-state index contributed by atoms with van der Waals surface area (Å²) in [6.45, 7) is 7.11. The lowest BCUT2D eigenvalue weighted by atomic mass is 10.0. The summed E-state index contributed by atoms with van der Waals surface area (Å²) in [5.41, 5.74) is 1.95. The first-order valence-corrected chi connectivity index (χ1v) is 15.4. The molecular formula is C27H35N5O7S2. The molecule has 0 bridgehead atoms. The number of ether oxygens (including phenoxy) is 1. The first-order valence-electron chi connectivity index (χ1n) is 13.1. The van der Waals surface area contributed by atoms with E-state index in [9.17, 15) is 23.1 Å². The van der Waals surface area contributed by atoms with E-state index in [0.29, 0.717) is 34.1 Å². The number of carbonyl (C=O) groups is 2. The van der Waals surface area contributed by atoms with Gasteiger partial charge in [0.15, 0.2) is 5.76 Å².